The molecule has 3 aromatic rings. The van der Waals surface area contributed by atoms with E-state index < -0.39 is 18.8 Å². The number of hydrogen-bond acceptors (Lipinski definition) is 7. The van der Waals surface area contributed by atoms with Crippen LogP contribution in [0.25, 0.3) is 5.52 Å². The van der Waals surface area contributed by atoms with Crippen LogP contribution in [0.4, 0.5) is 17.2 Å². The average Bonchev–Trinajstić information content (AvgIpc) is 3.57. The third kappa shape index (κ3) is 3.92. The number of anilines is 3. The Bertz CT molecular complexity index is 1340. The molecule has 3 N–H and O–H groups in total. The molecule has 1 fully saturated rings. The van der Waals surface area contributed by atoms with Crippen LogP contribution in [0.5, 0.6) is 5.75 Å². The van der Waals surface area contributed by atoms with E-state index in [9.17, 15) is 14.9 Å². The van der Waals surface area contributed by atoms with Gasteiger partial charge in [-0.2, -0.15) is 10.4 Å². The molecule has 1 aliphatic carbocycles. The van der Waals surface area contributed by atoms with Crippen molar-refractivity contribution in [1.29, 1.82) is 5.26 Å². The summed E-state index contributed by atoms with van der Waals surface area (Å²) in [5.41, 5.74) is 1.80. The van der Waals surface area contributed by atoms with E-state index in [2.05, 4.69) is 26.8 Å². The van der Waals surface area contributed by atoms with E-state index in [1.165, 1.54) is 19.4 Å². The minimum absolute atomic E-state index is 0.0494. The summed E-state index contributed by atoms with van der Waals surface area (Å²) in [6, 6.07) is 5.29. The van der Waals surface area contributed by atoms with E-state index in [0.717, 1.165) is 12.8 Å². The molecule has 10 nitrogen and oxygen atoms in total. The van der Waals surface area contributed by atoms with Crippen LogP contribution >= 0.6 is 0 Å². The Morgan fingerprint density at radius 2 is 2.19 bits per heavy atom. The molecular formula is C22H23N7O3. The van der Waals surface area contributed by atoms with E-state index in [1.54, 1.807) is 29.9 Å². The number of nitrogens with zero attached hydrogens (tertiary/aromatic N) is 4. The number of rotatable bonds is 7. The third-order valence-corrected chi connectivity index (χ3v) is 5.26. The van der Waals surface area contributed by atoms with Crippen molar-refractivity contribution in [3.05, 3.63) is 41.9 Å². The molecule has 32 heavy (non-hydrogen) atoms. The van der Waals surface area contributed by atoms with Crippen molar-refractivity contribution in [2.75, 3.05) is 24.7 Å². The summed E-state index contributed by atoms with van der Waals surface area (Å²) in [5, 5.41) is 21.4. The molecule has 0 radical (unpaired) electrons. The lowest BCUT2D eigenvalue weighted by Gasteiger charge is -2.16. The molecule has 0 spiro atoms. The topological polar surface area (TPSA) is 133 Å². The second kappa shape index (κ2) is 8.55. The van der Waals surface area contributed by atoms with Gasteiger partial charge in [-0.05, 0) is 25.8 Å². The molecule has 3 aromatic heterocycles. The van der Waals surface area contributed by atoms with Crippen molar-refractivity contribution in [2.45, 2.75) is 25.7 Å². The second-order valence-electron chi connectivity index (χ2n) is 7.46. The smallest absolute Gasteiger partial charge is 0.254 e. The predicted molar refractivity (Wildman–Crippen MR) is 118 cm³/mol. The Kier molecular flexibility index (Phi) is 4.68. The fraction of sp³-hybridized carbons (Fsp3) is 0.318. The zero-order valence-corrected chi connectivity index (χ0v) is 17.5. The van der Waals surface area contributed by atoms with Gasteiger partial charge in [-0.25, -0.2) is 9.50 Å². The molecule has 0 aliphatic heterocycles. The first kappa shape index (κ1) is 17.5. The monoisotopic (exact) mass is 436 g/mol. The summed E-state index contributed by atoms with van der Waals surface area (Å²) >= 11 is 0. The normalized spacial score (nSPS) is 15.6. The Hall–Kier alpha value is -4.13. The van der Waals surface area contributed by atoms with E-state index >= 15 is 0 Å². The van der Waals surface area contributed by atoms with Gasteiger partial charge in [0.05, 0.1) is 42.2 Å². The van der Waals surface area contributed by atoms with Gasteiger partial charge in [-0.15, -0.1) is 0 Å². The Balaban J connectivity index is 1.77. The molecule has 2 amide bonds. The van der Waals surface area contributed by atoms with Gasteiger partial charge in [0.15, 0.2) is 5.75 Å². The van der Waals surface area contributed by atoms with Gasteiger partial charge >= 0.3 is 0 Å². The number of ether oxygens (including phenoxy) is 1. The van der Waals surface area contributed by atoms with Gasteiger partial charge < -0.3 is 20.7 Å². The molecule has 10 heteroatoms. The predicted octanol–water partition coefficient (Wildman–Crippen LogP) is 2.82. The highest BCUT2D eigenvalue weighted by atomic mass is 16.5. The quantitative estimate of drug-likeness (QED) is 0.518. The van der Waals surface area contributed by atoms with Gasteiger partial charge in [-0.1, -0.05) is 0 Å². The number of fused-ring (bicyclic) bond motifs is 1. The lowest BCUT2D eigenvalue weighted by atomic mass is 10.0. The van der Waals surface area contributed by atoms with Crippen molar-refractivity contribution < 1.29 is 18.4 Å². The van der Waals surface area contributed by atoms with Crippen molar-refractivity contribution >= 4 is 34.5 Å². The fourth-order valence-electron chi connectivity index (χ4n) is 3.36. The SMILES string of the molecule is [2H]C([2H])([2H])NC(=O)c1cnc(NC(=O)C2CC2)cc1Nc1ccn2ncc([C@@H](C)C#N)c2c1OC. The van der Waals surface area contributed by atoms with Crippen molar-refractivity contribution in [3.63, 3.8) is 0 Å². The third-order valence-electron chi connectivity index (χ3n) is 5.26. The standard InChI is InChI=1S/C22H23N7O3/c1-12(9-23)14-11-26-29-7-6-16(20(32-3)19(14)29)27-17-8-18(28-21(30)13-4-5-13)25-10-15(17)22(31)24-2/h6-8,10-13H,4-5H2,1-3H3,(H,24,31)(H2,25,27,28,30)/t12-/m0/s1/i2D3. The zero-order chi connectivity index (χ0) is 25.3. The molecular weight excluding hydrogens is 410 g/mol. The Morgan fingerprint density at radius 3 is 2.88 bits per heavy atom. The maximum absolute atomic E-state index is 12.7. The Labute approximate surface area is 188 Å². The van der Waals surface area contributed by atoms with Crippen LogP contribution in [0.2, 0.25) is 0 Å². The summed E-state index contributed by atoms with van der Waals surface area (Å²) < 4.78 is 29.3. The van der Waals surface area contributed by atoms with Gasteiger partial charge in [0, 0.05) is 41.0 Å². The number of amides is 2. The first-order chi connectivity index (χ1) is 16.6. The van der Waals surface area contributed by atoms with Crippen molar-refractivity contribution in [1.82, 2.24) is 19.9 Å². The highest BCUT2D eigenvalue weighted by molar-refractivity contribution is 6.01. The number of pyridine rings is 2. The van der Waals surface area contributed by atoms with E-state index in [1.807, 2.05) is 5.32 Å². The molecule has 3 heterocycles. The number of aromatic nitrogens is 3. The molecule has 0 bridgehead atoms. The molecule has 1 aliphatic rings. The van der Waals surface area contributed by atoms with E-state index in [4.69, 9.17) is 8.85 Å². The minimum Gasteiger partial charge on any atom is -0.492 e. The minimum atomic E-state index is -2.70. The highest BCUT2D eigenvalue weighted by Gasteiger charge is 2.30. The molecule has 0 aromatic carbocycles. The van der Waals surface area contributed by atoms with Crippen LogP contribution in [0, 0.1) is 17.2 Å². The summed E-state index contributed by atoms with van der Waals surface area (Å²) in [4.78, 5) is 29.0. The number of nitrogens with one attached hydrogen (secondary N) is 3. The van der Waals surface area contributed by atoms with Gasteiger partial charge in [0.25, 0.3) is 5.91 Å². The fourth-order valence-corrected chi connectivity index (χ4v) is 3.36. The van der Waals surface area contributed by atoms with Crippen LogP contribution < -0.4 is 20.7 Å². The lowest BCUT2D eigenvalue weighted by Crippen LogP contribution is -2.20. The molecule has 0 saturated heterocycles. The highest BCUT2D eigenvalue weighted by Crippen LogP contribution is 2.37. The molecule has 1 saturated carbocycles. The summed E-state index contributed by atoms with van der Waals surface area (Å²) in [5.74, 6) is -0.985. The van der Waals surface area contributed by atoms with Crippen LogP contribution in [-0.4, -0.2) is 40.5 Å². The number of carbonyl (C=O) groups excluding carboxylic acids is 2. The maximum atomic E-state index is 12.7. The van der Waals surface area contributed by atoms with E-state index in [-0.39, 0.29) is 28.9 Å². The van der Waals surface area contributed by atoms with Gasteiger partial charge in [-0.3, -0.25) is 9.59 Å². The summed E-state index contributed by atoms with van der Waals surface area (Å²) in [6.45, 7) is -0.963. The lowest BCUT2D eigenvalue weighted by molar-refractivity contribution is -0.117. The second-order valence-corrected chi connectivity index (χ2v) is 7.46. The number of carbonyl (C=O) groups is 2. The summed E-state index contributed by atoms with van der Waals surface area (Å²) in [7, 11) is 1.46. The van der Waals surface area contributed by atoms with Crippen molar-refractivity contribution in [2.24, 2.45) is 5.92 Å². The van der Waals surface area contributed by atoms with Gasteiger partial charge in [0.2, 0.25) is 5.91 Å². The molecule has 4 rings (SSSR count). The molecule has 164 valence electrons. The first-order valence-corrected chi connectivity index (χ1v) is 9.95. The van der Waals surface area contributed by atoms with E-state index in [0.29, 0.717) is 22.5 Å². The summed E-state index contributed by atoms with van der Waals surface area (Å²) in [6.07, 6.45) is 6.05. The van der Waals surface area contributed by atoms with Gasteiger partial charge in [0.1, 0.15) is 11.3 Å². The first-order valence-electron chi connectivity index (χ1n) is 11.5. The largest absolute Gasteiger partial charge is 0.492 e. The number of methoxy groups -OCH3 is 1. The molecule has 1 atom stereocenters. The maximum Gasteiger partial charge on any atom is 0.254 e. The van der Waals surface area contributed by atoms with Crippen LogP contribution in [0.3, 0.4) is 0 Å². The van der Waals surface area contributed by atoms with Crippen LogP contribution in [0.1, 0.15) is 45.7 Å². The van der Waals surface area contributed by atoms with Crippen molar-refractivity contribution in [3.8, 4) is 11.8 Å². The number of hydrogen-bond donors (Lipinski definition) is 3. The molecule has 0 unspecified atom stereocenters. The average molecular weight is 436 g/mol. The van der Waals surface area contributed by atoms with Crippen LogP contribution in [0.15, 0.2) is 30.7 Å². The Morgan fingerprint density at radius 1 is 1.38 bits per heavy atom. The van der Waals surface area contributed by atoms with Crippen LogP contribution in [-0.2, 0) is 4.79 Å². The zero-order valence-electron chi connectivity index (χ0n) is 20.5. The number of nitriles is 1.